The van der Waals surface area contributed by atoms with Crippen molar-refractivity contribution in [1.82, 2.24) is 4.90 Å². The number of nitrogens with two attached hydrogens (primary N) is 1. The maximum absolute atomic E-state index is 12.5. The van der Waals surface area contributed by atoms with E-state index in [0.29, 0.717) is 12.3 Å². The first kappa shape index (κ1) is 16.0. The van der Waals surface area contributed by atoms with E-state index in [-0.39, 0.29) is 5.91 Å². The third kappa shape index (κ3) is 4.83. The lowest BCUT2D eigenvalue weighted by molar-refractivity contribution is -0.134. The molecule has 1 heterocycles. The number of carbonyl (C=O) groups is 1. The Kier molecular flexibility index (Phi) is 6.21. The second kappa shape index (κ2) is 8.15. The van der Waals surface area contributed by atoms with Crippen molar-refractivity contribution in [2.75, 3.05) is 26.3 Å². The first-order chi connectivity index (χ1) is 10.2. The number of amides is 1. The van der Waals surface area contributed by atoms with Gasteiger partial charge in [0.25, 0.3) is 0 Å². The number of hydrogen-bond acceptors (Lipinski definition) is 3. The van der Waals surface area contributed by atoms with Gasteiger partial charge in [-0.25, -0.2) is 0 Å². The van der Waals surface area contributed by atoms with E-state index in [1.807, 2.05) is 42.2 Å². The predicted octanol–water partition coefficient (Wildman–Crippen LogP) is 1.83. The van der Waals surface area contributed by atoms with Crippen LogP contribution in [0.2, 0.25) is 0 Å². The smallest absolute Gasteiger partial charge is 0.239 e. The van der Waals surface area contributed by atoms with Crippen LogP contribution in [0.5, 0.6) is 0 Å². The largest absolute Gasteiger partial charge is 0.381 e. The number of carbonyl (C=O) groups excluding carboxylic acids is 1. The molecule has 4 heteroatoms. The zero-order chi connectivity index (χ0) is 15.1. The Balaban J connectivity index is 1.86. The van der Waals surface area contributed by atoms with Crippen molar-refractivity contribution >= 4 is 5.91 Å². The van der Waals surface area contributed by atoms with Gasteiger partial charge in [-0.1, -0.05) is 30.3 Å². The molecule has 2 N–H and O–H groups in total. The molecule has 1 fully saturated rings. The highest BCUT2D eigenvalue weighted by Gasteiger charge is 2.27. The normalized spacial score (nSPS) is 20.3. The zero-order valence-electron chi connectivity index (χ0n) is 12.8. The van der Waals surface area contributed by atoms with Gasteiger partial charge in [-0.3, -0.25) is 4.79 Å². The monoisotopic (exact) mass is 290 g/mol. The Morgan fingerprint density at radius 3 is 2.90 bits per heavy atom. The van der Waals surface area contributed by atoms with E-state index in [9.17, 15) is 4.79 Å². The van der Waals surface area contributed by atoms with Crippen molar-refractivity contribution in [2.24, 2.45) is 11.7 Å². The van der Waals surface area contributed by atoms with Crippen LogP contribution >= 0.6 is 0 Å². The molecule has 0 aromatic heterocycles. The number of hydrogen-bond donors (Lipinski definition) is 1. The summed E-state index contributed by atoms with van der Waals surface area (Å²) in [4.78, 5) is 14.4. The molecule has 0 radical (unpaired) electrons. The lowest BCUT2D eigenvalue weighted by atomic mass is 9.97. The summed E-state index contributed by atoms with van der Waals surface area (Å²) in [5.41, 5.74) is 7.22. The van der Waals surface area contributed by atoms with Crippen LogP contribution in [0.4, 0.5) is 0 Å². The standard InChI is InChI=1S/C17H26N2O2/c1-2-21-13-15-9-6-10-19(12-15)17(20)16(18)11-14-7-4-3-5-8-14/h3-5,7-8,15-16H,2,6,9-13,18H2,1H3/t15-,16-/m0/s1. The summed E-state index contributed by atoms with van der Waals surface area (Å²) in [7, 11) is 0. The summed E-state index contributed by atoms with van der Waals surface area (Å²) < 4.78 is 5.49. The van der Waals surface area contributed by atoms with Crippen LogP contribution < -0.4 is 5.73 Å². The van der Waals surface area contributed by atoms with Gasteiger partial charge in [-0.05, 0) is 37.7 Å². The second-order valence-corrected chi connectivity index (χ2v) is 5.75. The third-order valence-electron chi connectivity index (χ3n) is 4.00. The van der Waals surface area contributed by atoms with E-state index in [4.69, 9.17) is 10.5 Å². The fourth-order valence-corrected chi connectivity index (χ4v) is 2.88. The molecule has 0 saturated carbocycles. The molecule has 1 aromatic carbocycles. The van der Waals surface area contributed by atoms with Crippen molar-refractivity contribution in [2.45, 2.75) is 32.2 Å². The summed E-state index contributed by atoms with van der Waals surface area (Å²) in [6.07, 6.45) is 2.78. The van der Waals surface area contributed by atoms with Gasteiger partial charge < -0.3 is 15.4 Å². The van der Waals surface area contributed by atoms with Crippen molar-refractivity contribution in [1.29, 1.82) is 0 Å². The first-order valence-electron chi connectivity index (χ1n) is 7.86. The zero-order valence-corrected chi connectivity index (χ0v) is 12.8. The molecular weight excluding hydrogens is 264 g/mol. The molecule has 116 valence electrons. The van der Waals surface area contributed by atoms with E-state index in [1.54, 1.807) is 0 Å². The third-order valence-corrected chi connectivity index (χ3v) is 4.00. The highest BCUT2D eigenvalue weighted by Crippen LogP contribution is 2.18. The maximum Gasteiger partial charge on any atom is 0.239 e. The molecule has 0 bridgehead atoms. The highest BCUT2D eigenvalue weighted by molar-refractivity contribution is 5.82. The molecule has 1 aliphatic heterocycles. The van der Waals surface area contributed by atoms with Crippen LogP contribution in [0.25, 0.3) is 0 Å². The van der Waals surface area contributed by atoms with Crippen molar-refractivity contribution in [3.63, 3.8) is 0 Å². The molecule has 21 heavy (non-hydrogen) atoms. The Hall–Kier alpha value is -1.39. The molecule has 2 atom stereocenters. The number of nitrogens with zero attached hydrogens (tertiary/aromatic N) is 1. The van der Waals surface area contributed by atoms with E-state index in [0.717, 1.165) is 44.7 Å². The summed E-state index contributed by atoms with van der Waals surface area (Å²) in [6, 6.07) is 9.51. The lowest BCUT2D eigenvalue weighted by Gasteiger charge is -2.34. The summed E-state index contributed by atoms with van der Waals surface area (Å²) in [6.45, 7) is 5.08. The van der Waals surface area contributed by atoms with E-state index < -0.39 is 6.04 Å². The molecule has 1 amide bonds. The highest BCUT2D eigenvalue weighted by atomic mass is 16.5. The average molecular weight is 290 g/mol. The van der Waals surface area contributed by atoms with Crippen LogP contribution in [-0.4, -0.2) is 43.2 Å². The first-order valence-corrected chi connectivity index (χ1v) is 7.86. The second-order valence-electron chi connectivity index (χ2n) is 5.75. The number of likely N-dealkylation sites (tertiary alicyclic amines) is 1. The minimum atomic E-state index is -0.446. The molecule has 2 rings (SSSR count). The molecule has 0 spiro atoms. The maximum atomic E-state index is 12.5. The molecule has 1 aromatic rings. The number of ether oxygens (including phenoxy) is 1. The van der Waals surface area contributed by atoms with Gasteiger partial charge in [0.2, 0.25) is 5.91 Å². The van der Waals surface area contributed by atoms with Gasteiger partial charge in [0, 0.05) is 19.7 Å². The Morgan fingerprint density at radius 2 is 2.19 bits per heavy atom. The minimum Gasteiger partial charge on any atom is -0.381 e. The number of piperidine rings is 1. The SMILES string of the molecule is CCOC[C@H]1CCCN(C(=O)[C@@H](N)Cc2ccccc2)C1. The van der Waals surface area contributed by atoms with Gasteiger partial charge >= 0.3 is 0 Å². The van der Waals surface area contributed by atoms with Crippen LogP contribution in [-0.2, 0) is 16.0 Å². The summed E-state index contributed by atoms with van der Waals surface area (Å²) in [5, 5.41) is 0. The van der Waals surface area contributed by atoms with Gasteiger partial charge in [-0.2, -0.15) is 0 Å². The number of benzene rings is 1. The van der Waals surface area contributed by atoms with Crippen LogP contribution in [0.1, 0.15) is 25.3 Å². The Morgan fingerprint density at radius 1 is 1.43 bits per heavy atom. The van der Waals surface area contributed by atoms with Gasteiger partial charge in [-0.15, -0.1) is 0 Å². The van der Waals surface area contributed by atoms with Crippen LogP contribution in [0.15, 0.2) is 30.3 Å². The molecule has 0 unspecified atom stereocenters. The molecule has 1 saturated heterocycles. The van der Waals surface area contributed by atoms with Crippen LogP contribution in [0.3, 0.4) is 0 Å². The topological polar surface area (TPSA) is 55.6 Å². The van der Waals surface area contributed by atoms with Crippen LogP contribution in [0, 0.1) is 5.92 Å². The Bertz CT molecular complexity index is 436. The van der Waals surface area contributed by atoms with E-state index in [2.05, 4.69) is 0 Å². The summed E-state index contributed by atoms with van der Waals surface area (Å²) in [5.74, 6) is 0.520. The average Bonchev–Trinajstić information content (AvgIpc) is 2.53. The van der Waals surface area contributed by atoms with E-state index >= 15 is 0 Å². The fourth-order valence-electron chi connectivity index (χ4n) is 2.88. The van der Waals surface area contributed by atoms with Crippen molar-refractivity contribution in [3.05, 3.63) is 35.9 Å². The van der Waals surface area contributed by atoms with E-state index in [1.165, 1.54) is 0 Å². The van der Waals surface area contributed by atoms with Crippen molar-refractivity contribution < 1.29 is 9.53 Å². The van der Waals surface area contributed by atoms with Gasteiger partial charge in [0.05, 0.1) is 12.6 Å². The fraction of sp³-hybridized carbons (Fsp3) is 0.588. The molecule has 4 nitrogen and oxygen atoms in total. The van der Waals surface area contributed by atoms with Gasteiger partial charge in [0.15, 0.2) is 0 Å². The molecule has 0 aliphatic carbocycles. The molecule has 1 aliphatic rings. The number of rotatable bonds is 6. The molecular formula is C17H26N2O2. The minimum absolute atomic E-state index is 0.0695. The van der Waals surface area contributed by atoms with Gasteiger partial charge in [0.1, 0.15) is 0 Å². The summed E-state index contributed by atoms with van der Waals surface area (Å²) >= 11 is 0. The Labute approximate surface area is 127 Å². The lowest BCUT2D eigenvalue weighted by Crippen LogP contribution is -2.49. The quantitative estimate of drug-likeness (QED) is 0.869. The predicted molar refractivity (Wildman–Crippen MR) is 83.9 cm³/mol. The van der Waals surface area contributed by atoms with Crippen molar-refractivity contribution in [3.8, 4) is 0 Å².